The number of nitrogens with one attached hydrogen (secondary N) is 1. The molecule has 3 N–H and O–H groups in total. The van der Waals surface area contributed by atoms with Crippen molar-refractivity contribution in [3.8, 4) is 11.5 Å². The molecule has 1 amide bonds. The molecule has 2 heterocycles. The summed E-state index contributed by atoms with van der Waals surface area (Å²) in [6, 6.07) is 3.69. The first kappa shape index (κ1) is 20.3. The number of aromatic nitrogens is 2. The van der Waals surface area contributed by atoms with Gasteiger partial charge in [-0.3, -0.25) is 4.79 Å². The molecule has 0 radical (unpaired) electrons. The highest BCUT2D eigenvalue weighted by Crippen LogP contribution is 2.34. The quantitative estimate of drug-likeness (QED) is 0.298. The summed E-state index contributed by atoms with van der Waals surface area (Å²) >= 11 is 3.42. The van der Waals surface area contributed by atoms with Gasteiger partial charge in [0, 0.05) is 0 Å². The van der Waals surface area contributed by atoms with E-state index in [-0.39, 0.29) is 5.91 Å². The second-order valence-electron chi connectivity index (χ2n) is 5.66. The number of carbonyl (C=O) groups excluding carboxylic acids is 1. The molecule has 8 nitrogen and oxygen atoms in total. The number of anilines is 1. The molecule has 0 fully saturated rings. The van der Waals surface area contributed by atoms with Gasteiger partial charge in [0.05, 0.1) is 33.8 Å². The van der Waals surface area contributed by atoms with Gasteiger partial charge in [-0.15, -0.1) is 11.3 Å². The molecule has 0 aliphatic carbocycles. The maximum atomic E-state index is 12.5. The minimum Gasteiger partial charge on any atom is -0.493 e. The van der Waals surface area contributed by atoms with E-state index in [0.717, 1.165) is 14.7 Å². The van der Waals surface area contributed by atoms with Crippen LogP contribution >= 0.6 is 33.9 Å². The SMILES string of the molecule is CCOc1c(I)cc(/C=N\NC(=O)c2sc3ncnc(N)c3c2C)cc1OC. The molecule has 0 spiro atoms. The third-order valence-corrected chi connectivity index (χ3v) is 5.88. The van der Waals surface area contributed by atoms with Crippen LogP contribution in [0.1, 0.15) is 27.7 Å². The van der Waals surface area contributed by atoms with Crippen molar-refractivity contribution in [2.24, 2.45) is 5.10 Å². The Morgan fingerprint density at radius 3 is 2.89 bits per heavy atom. The zero-order chi connectivity index (χ0) is 20.3. The second kappa shape index (κ2) is 8.69. The summed E-state index contributed by atoms with van der Waals surface area (Å²) in [6.45, 7) is 4.27. The fraction of sp³-hybridized carbons (Fsp3) is 0.222. The number of methoxy groups -OCH3 is 1. The Morgan fingerprint density at radius 1 is 1.43 bits per heavy atom. The summed E-state index contributed by atoms with van der Waals surface area (Å²) in [5.74, 6) is 1.32. The van der Waals surface area contributed by atoms with Crippen LogP contribution in [-0.2, 0) is 0 Å². The average Bonchev–Trinajstić information content (AvgIpc) is 3.01. The van der Waals surface area contributed by atoms with Gasteiger partial charge in [0.15, 0.2) is 11.5 Å². The lowest BCUT2D eigenvalue weighted by Gasteiger charge is -2.12. The molecule has 2 aromatic heterocycles. The smallest absolute Gasteiger partial charge is 0.281 e. The van der Waals surface area contributed by atoms with Gasteiger partial charge in [0.25, 0.3) is 5.91 Å². The van der Waals surface area contributed by atoms with Crippen molar-refractivity contribution >= 4 is 62.1 Å². The first-order valence-electron chi connectivity index (χ1n) is 8.29. The van der Waals surface area contributed by atoms with Gasteiger partial charge in [-0.05, 0) is 59.7 Å². The summed E-state index contributed by atoms with van der Waals surface area (Å²) in [4.78, 5) is 21.8. The van der Waals surface area contributed by atoms with Crippen LogP contribution in [0.3, 0.4) is 0 Å². The van der Waals surface area contributed by atoms with E-state index in [2.05, 4.69) is 43.1 Å². The topological polar surface area (TPSA) is 112 Å². The number of halogens is 1. The maximum absolute atomic E-state index is 12.5. The predicted octanol–water partition coefficient (Wildman–Crippen LogP) is 3.36. The van der Waals surface area contributed by atoms with E-state index in [1.165, 1.54) is 17.7 Å². The number of nitrogens with zero attached hydrogens (tertiary/aromatic N) is 3. The second-order valence-corrected chi connectivity index (χ2v) is 7.82. The molecule has 0 bridgehead atoms. The third-order valence-electron chi connectivity index (χ3n) is 3.88. The number of hydrogen-bond acceptors (Lipinski definition) is 8. The van der Waals surface area contributed by atoms with Crippen LogP contribution in [0, 0.1) is 10.5 Å². The number of fused-ring (bicyclic) bond motifs is 1. The molecule has 0 unspecified atom stereocenters. The number of rotatable bonds is 6. The molecule has 146 valence electrons. The molecule has 0 saturated carbocycles. The van der Waals surface area contributed by atoms with Crippen molar-refractivity contribution in [2.75, 3.05) is 19.5 Å². The number of carbonyl (C=O) groups is 1. The number of aryl methyl sites for hydroxylation is 1. The lowest BCUT2D eigenvalue weighted by molar-refractivity contribution is 0.0958. The number of ether oxygens (including phenoxy) is 2. The predicted molar refractivity (Wildman–Crippen MR) is 119 cm³/mol. The highest BCUT2D eigenvalue weighted by atomic mass is 127. The molecule has 0 atom stereocenters. The van der Waals surface area contributed by atoms with Gasteiger partial charge in [0.2, 0.25) is 0 Å². The fourth-order valence-corrected chi connectivity index (χ4v) is 4.46. The van der Waals surface area contributed by atoms with E-state index in [1.54, 1.807) is 19.4 Å². The van der Waals surface area contributed by atoms with Gasteiger partial charge < -0.3 is 15.2 Å². The van der Waals surface area contributed by atoms with Gasteiger partial charge >= 0.3 is 0 Å². The van der Waals surface area contributed by atoms with Gasteiger partial charge in [0.1, 0.15) is 17.0 Å². The number of amides is 1. The van der Waals surface area contributed by atoms with E-state index in [0.29, 0.717) is 39.0 Å². The highest BCUT2D eigenvalue weighted by Gasteiger charge is 2.18. The maximum Gasteiger partial charge on any atom is 0.281 e. The van der Waals surface area contributed by atoms with E-state index in [4.69, 9.17) is 15.2 Å². The van der Waals surface area contributed by atoms with E-state index in [1.807, 2.05) is 19.9 Å². The number of nitrogen functional groups attached to an aromatic ring is 1. The third kappa shape index (κ3) is 4.02. The number of benzene rings is 1. The lowest BCUT2D eigenvalue weighted by atomic mass is 10.2. The minimum atomic E-state index is -0.330. The zero-order valence-corrected chi connectivity index (χ0v) is 18.4. The molecule has 3 rings (SSSR count). The van der Waals surface area contributed by atoms with Crippen LogP contribution in [0.4, 0.5) is 5.82 Å². The molecular weight excluding hydrogens is 493 g/mol. The van der Waals surface area contributed by atoms with E-state index in [9.17, 15) is 4.79 Å². The lowest BCUT2D eigenvalue weighted by Crippen LogP contribution is -2.17. The largest absolute Gasteiger partial charge is 0.493 e. The number of hydrazone groups is 1. The highest BCUT2D eigenvalue weighted by molar-refractivity contribution is 14.1. The van der Waals surface area contributed by atoms with Crippen molar-refractivity contribution < 1.29 is 14.3 Å². The summed E-state index contributed by atoms with van der Waals surface area (Å²) in [5.41, 5.74) is 9.95. The Kier molecular flexibility index (Phi) is 6.29. The molecule has 28 heavy (non-hydrogen) atoms. The van der Waals surface area contributed by atoms with Crippen molar-refractivity contribution in [3.63, 3.8) is 0 Å². The summed E-state index contributed by atoms with van der Waals surface area (Å²) < 4.78 is 11.9. The summed E-state index contributed by atoms with van der Waals surface area (Å²) in [5, 5.41) is 4.76. The Morgan fingerprint density at radius 2 is 2.21 bits per heavy atom. The van der Waals surface area contributed by atoms with Gasteiger partial charge in [-0.25, -0.2) is 15.4 Å². The molecule has 1 aromatic carbocycles. The van der Waals surface area contributed by atoms with E-state index >= 15 is 0 Å². The Bertz CT molecular complexity index is 1070. The van der Waals surface area contributed by atoms with Gasteiger partial charge in [-0.1, -0.05) is 0 Å². The van der Waals surface area contributed by atoms with Crippen LogP contribution < -0.4 is 20.6 Å². The molecule has 10 heteroatoms. The molecule has 0 saturated heterocycles. The number of thiophene rings is 1. The number of hydrogen-bond donors (Lipinski definition) is 2. The average molecular weight is 511 g/mol. The minimum absolute atomic E-state index is 0.330. The fourth-order valence-electron chi connectivity index (χ4n) is 2.63. The van der Waals surface area contributed by atoms with Crippen LogP contribution in [0.5, 0.6) is 11.5 Å². The van der Waals surface area contributed by atoms with Crippen LogP contribution in [0.15, 0.2) is 23.6 Å². The van der Waals surface area contributed by atoms with Crippen LogP contribution in [0.2, 0.25) is 0 Å². The van der Waals surface area contributed by atoms with Crippen molar-refractivity contribution in [2.45, 2.75) is 13.8 Å². The van der Waals surface area contributed by atoms with Crippen molar-refractivity contribution in [1.82, 2.24) is 15.4 Å². The summed E-state index contributed by atoms with van der Waals surface area (Å²) in [6.07, 6.45) is 2.93. The first-order chi connectivity index (χ1) is 13.5. The molecule has 0 aliphatic rings. The molecule has 0 aliphatic heterocycles. The first-order valence-corrected chi connectivity index (χ1v) is 10.2. The Hall–Kier alpha value is -2.47. The van der Waals surface area contributed by atoms with Crippen molar-refractivity contribution in [1.29, 1.82) is 0 Å². The Balaban J connectivity index is 1.80. The monoisotopic (exact) mass is 511 g/mol. The van der Waals surface area contributed by atoms with Crippen LogP contribution in [-0.4, -0.2) is 35.8 Å². The Labute approximate surface area is 179 Å². The van der Waals surface area contributed by atoms with Crippen LogP contribution in [0.25, 0.3) is 10.2 Å². The number of nitrogens with two attached hydrogens (primary N) is 1. The summed E-state index contributed by atoms with van der Waals surface area (Å²) in [7, 11) is 1.58. The van der Waals surface area contributed by atoms with Crippen molar-refractivity contribution in [3.05, 3.63) is 38.0 Å². The standard InChI is InChI=1S/C18H18IN5O3S/c1-4-27-14-11(19)5-10(6-12(14)26-3)7-23-24-17(25)15-9(2)13-16(20)21-8-22-18(13)28-15/h5-8H,4H2,1-3H3,(H,24,25)(H2,20,21,22)/b23-7-. The normalized spacial score (nSPS) is 11.1. The zero-order valence-electron chi connectivity index (χ0n) is 15.4. The molecule has 3 aromatic rings. The van der Waals surface area contributed by atoms with E-state index < -0.39 is 0 Å². The molecular formula is C18H18IN5O3S. The van der Waals surface area contributed by atoms with Gasteiger partial charge in [-0.2, -0.15) is 5.10 Å².